The largest absolute Gasteiger partial charge is 0.744 e. The molecule has 316 valence electrons. The first kappa shape index (κ1) is 43.5. The number of quaternary nitrogens is 1. The van der Waals surface area contributed by atoms with Gasteiger partial charge in [-0.3, -0.25) is 9.36 Å². The van der Waals surface area contributed by atoms with Crippen LogP contribution in [0.2, 0.25) is 0 Å². The van der Waals surface area contributed by atoms with Crippen molar-refractivity contribution in [2.24, 2.45) is 5.92 Å². The fourth-order valence-electron chi connectivity index (χ4n) is 7.63. The van der Waals surface area contributed by atoms with Gasteiger partial charge in [-0.05, 0) is 81.1 Å². The zero-order chi connectivity index (χ0) is 43.4. The first-order chi connectivity index (χ1) is 28.4. The van der Waals surface area contributed by atoms with Crippen LogP contribution in [0.3, 0.4) is 0 Å². The van der Waals surface area contributed by atoms with E-state index in [2.05, 4.69) is 34.7 Å². The fraction of sp³-hybridized carbons (Fsp3) is 0.357. The van der Waals surface area contributed by atoms with E-state index in [0.29, 0.717) is 42.8 Å². The molecule has 1 aliphatic carbocycles. The first-order valence-electron chi connectivity index (χ1n) is 19.3. The molecule has 1 saturated heterocycles. The van der Waals surface area contributed by atoms with Crippen LogP contribution in [0.4, 0.5) is 23.7 Å². The number of hydrogen-bond acceptors (Lipinski definition) is 7. The van der Waals surface area contributed by atoms with Gasteiger partial charge in [0.2, 0.25) is 5.91 Å². The van der Waals surface area contributed by atoms with Crippen LogP contribution in [0.1, 0.15) is 49.8 Å². The number of halogens is 3. The van der Waals surface area contributed by atoms with Gasteiger partial charge in [-0.2, -0.15) is 18.3 Å². The highest BCUT2D eigenvalue weighted by molar-refractivity contribution is 7.85. The molecule has 0 radical (unpaired) electrons. The average molecular weight is 847 g/mol. The number of nitrogens with zero attached hydrogens (tertiary/aromatic N) is 6. The summed E-state index contributed by atoms with van der Waals surface area (Å²) < 4.78 is 76.4. The van der Waals surface area contributed by atoms with Crippen molar-refractivity contribution in [1.82, 2.24) is 29.5 Å². The van der Waals surface area contributed by atoms with Crippen molar-refractivity contribution in [1.29, 1.82) is 0 Å². The second kappa shape index (κ2) is 17.7. The number of nitrogens with one attached hydrogen (secondary N) is 2. The molecule has 2 amide bonds. The van der Waals surface area contributed by atoms with Gasteiger partial charge in [0.05, 0.1) is 73.2 Å². The Morgan fingerprint density at radius 2 is 1.50 bits per heavy atom. The highest BCUT2D eigenvalue weighted by atomic mass is 32.2. The topological polar surface area (TPSA) is 165 Å². The van der Waals surface area contributed by atoms with Crippen LogP contribution in [0, 0.1) is 19.4 Å². The Morgan fingerprint density at radius 1 is 0.867 bits per heavy atom. The summed E-state index contributed by atoms with van der Waals surface area (Å²) in [4.78, 5) is 44.5. The first-order valence-corrected chi connectivity index (χ1v) is 20.8. The number of rotatable bonds is 7. The van der Waals surface area contributed by atoms with Crippen LogP contribution < -0.4 is 16.3 Å². The summed E-state index contributed by atoms with van der Waals surface area (Å²) in [5.41, 5.74) is -0.125. The maximum Gasteiger partial charge on any atom is 0.416 e. The molecule has 7 rings (SSSR count). The van der Waals surface area contributed by atoms with E-state index in [1.807, 2.05) is 0 Å². The number of amides is 2. The van der Waals surface area contributed by atoms with Gasteiger partial charge in [0.15, 0.2) is 5.69 Å². The summed E-state index contributed by atoms with van der Waals surface area (Å²) >= 11 is 0. The molecule has 2 N–H and O–H groups in total. The van der Waals surface area contributed by atoms with Gasteiger partial charge in [0.1, 0.15) is 15.8 Å². The van der Waals surface area contributed by atoms with Gasteiger partial charge < -0.3 is 19.7 Å². The molecule has 0 spiro atoms. The molecule has 3 heterocycles. The smallest absolute Gasteiger partial charge is 0.416 e. The molecule has 0 atom stereocenters. The molecular weight excluding hydrogens is 802 g/mol. The minimum atomic E-state index is -4.64. The van der Waals surface area contributed by atoms with Crippen LogP contribution in [0.25, 0.3) is 27.6 Å². The van der Waals surface area contributed by atoms with E-state index in [1.165, 1.54) is 47.3 Å². The number of carbonyl (C=O) groups excluding carboxylic acids is 2. The Balaban J connectivity index is 0.000000529. The van der Waals surface area contributed by atoms with E-state index >= 15 is 0 Å². The lowest BCUT2D eigenvalue weighted by molar-refractivity contribution is -0.895. The third kappa shape index (κ3) is 10.0. The molecular formula is C42H45F3N8O6S. The summed E-state index contributed by atoms with van der Waals surface area (Å²) in [6.07, 6.45) is 0.926. The molecule has 18 heteroatoms. The normalized spacial score (nSPS) is 18.1. The Kier molecular flexibility index (Phi) is 12.8. The predicted molar refractivity (Wildman–Crippen MR) is 216 cm³/mol. The van der Waals surface area contributed by atoms with Crippen LogP contribution in [-0.2, 0) is 21.1 Å². The van der Waals surface area contributed by atoms with E-state index < -0.39 is 33.6 Å². The zero-order valence-electron chi connectivity index (χ0n) is 33.2. The summed E-state index contributed by atoms with van der Waals surface area (Å²) in [6.45, 7) is 10.8. The monoisotopic (exact) mass is 846 g/mol. The highest BCUT2D eigenvalue weighted by Crippen LogP contribution is 2.33. The fourth-order valence-corrected chi connectivity index (χ4v) is 8.12. The maximum absolute atomic E-state index is 14.1. The summed E-state index contributed by atoms with van der Waals surface area (Å²) in [6, 6.07) is 18.9. The number of carbonyl (C=O) groups is 2. The molecule has 0 bridgehead atoms. The van der Waals surface area contributed by atoms with Crippen molar-refractivity contribution in [2.45, 2.75) is 68.6 Å². The lowest BCUT2D eigenvalue weighted by Crippen LogP contribution is -2.52. The molecule has 3 aromatic carbocycles. The molecule has 2 aromatic heterocycles. The van der Waals surface area contributed by atoms with Gasteiger partial charge in [-0.15, -0.1) is 0 Å². The molecule has 2 fully saturated rings. The van der Waals surface area contributed by atoms with E-state index in [4.69, 9.17) is 6.57 Å². The number of hydrogen-bond donors (Lipinski definition) is 2. The molecule has 2 aliphatic rings. The Morgan fingerprint density at radius 3 is 2.08 bits per heavy atom. The lowest BCUT2D eigenvalue weighted by atomic mass is 9.85. The van der Waals surface area contributed by atoms with Crippen molar-refractivity contribution in [2.75, 3.05) is 27.2 Å². The van der Waals surface area contributed by atoms with Gasteiger partial charge >= 0.3 is 17.9 Å². The van der Waals surface area contributed by atoms with Crippen molar-refractivity contribution in [3.8, 4) is 22.8 Å². The summed E-state index contributed by atoms with van der Waals surface area (Å²) in [5, 5.41) is 10.6. The highest BCUT2D eigenvalue weighted by Gasteiger charge is 2.34. The van der Waals surface area contributed by atoms with E-state index in [1.54, 1.807) is 43.3 Å². The van der Waals surface area contributed by atoms with Crippen LogP contribution in [0.5, 0.6) is 0 Å². The van der Waals surface area contributed by atoms with Gasteiger partial charge in [0.25, 0.3) is 0 Å². The summed E-state index contributed by atoms with van der Waals surface area (Å²) in [5.74, 6) is -0.129. The Labute approximate surface area is 345 Å². The third-order valence-electron chi connectivity index (χ3n) is 11.0. The molecule has 14 nitrogen and oxygen atoms in total. The van der Waals surface area contributed by atoms with E-state index in [-0.39, 0.29) is 45.9 Å². The van der Waals surface area contributed by atoms with Crippen molar-refractivity contribution < 1.29 is 40.2 Å². The number of benzene rings is 3. The van der Waals surface area contributed by atoms with Crippen molar-refractivity contribution in [3.05, 3.63) is 124 Å². The Hall–Kier alpha value is -6.03. The van der Waals surface area contributed by atoms with Crippen LogP contribution in [0.15, 0.2) is 101 Å². The van der Waals surface area contributed by atoms with Crippen LogP contribution >= 0.6 is 0 Å². The van der Waals surface area contributed by atoms with Gasteiger partial charge in [0, 0.05) is 30.8 Å². The van der Waals surface area contributed by atoms with E-state index in [0.717, 1.165) is 51.7 Å². The van der Waals surface area contributed by atoms with Crippen LogP contribution in [-0.4, -0.2) is 87.6 Å². The maximum atomic E-state index is 14.1. The van der Waals surface area contributed by atoms with Crippen molar-refractivity contribution >= 4 is 27.7 Å². The van der Waals surface area contributed by atoms with E-state index in [9.17, 15) is 40.5 Å². The second-order valence-electron chi connectivity index (χ2n) is 15.6. The second-order valence-corrected chi connectivity index (χ2v) is 17.0. The molecule has 0 unspecified atom stereocenters. The number of piperidine rings is 1. The molecule has 1 saturated carbocycles. The minimum absolute atomic E-state index is 0.0389. The number of aromatic nitrogens is 4. The predicted octanol–water partition coefficient (Wildman–Crippen LogP) is 6.43. The summed E-state index contributed by atoms with van der Waals surface area (Å²) in [7, 11) is 0.130. The molecule has 1 aliphatic heterocycles. The average Bonchev–Trinajstić information content (AvgIpc) is 3.80. The minimum Gasteiger partial charge on any atom is -0.744 e. The third-order valence-corrected chi connectivity index (χ3v) is 11.8. The molecule has 5 aromatic rings. The van der Waals surface area contributed by atoms with Crippen molar-refractivity contribution in [3.63, 3.8) is 0 Å². The SMILES string of the molecule is O=S(=O)([O-])c1ccccc1.[C-]#[N+]c1ccc(-n2nccc2-c2c(C)n(-c3cccc(C(F)(F)F)c3)c(=O)n2C(=O)NC2CCC(C(=O)NC3CC[N+](C)(C)CC3)CC2)cc1. The quantitative estimate of drug-likeness (QED) is 0.108. The zero-order valence-corrected chi connectivity index (χ0v) is 34.0. The van der Waals surface area contributed by atoms with Gasteiger partial charge in [-0.1, -0.05) is 36.4 Å². The standard InChI is InChI=1S/C36H39F3N8O3.C6H6O3S/c1-23-32(31-16-19-41-46(31)29-14-12-26(40-2)13-15-29)45(35(50)44(23)30-7-5-6-25(22-30)36(37,38)39)34(49)43-27-10-8-24(9-11-27)33(48)42-28-17-20-47(3,4)21-18-28;7-10(8,9)6-4-2-1-3-5-6/h5-7,12-16,19,22,24,27-28H,8-11,17-18,20-21H2,1,3-4H3,(H-,42,43,48,49);1-5H,(H,7,8,9). The Bertz CT molecular complexity index is 2540. The lowest BCUT2D eigenvalue weighted by Gasteiger charge is -2.38. The molecule has 60 heavy (non-hydrogen) atoms. The van der Waals surface area contributed by atoms with Gasteiger partial charge in [-0.25, -0.2) is 32.1 Å². The number of likely N-dealkylation sites (tertiary alicyclic amines) is 1. The number of alkyl halides is 3. The number of imidazole rings is 1.